The maximum Gasteiger partial charge on any atom is 0.213 e. The summed E-state index contributed by atoms with van der Waals surface area (Å²) < 4.78 is 5.25. The second kappa shape index (κ2) is 8.39. The Labute approximate surface area is 186 Å². The molecule has 1 fully saturated rings. The van der Waals surface area contributed by atoms with Gasteiger partial charge in [0.25, 0.3) is 0 Å². The van der Waals surface area contributed by atoms with Gasteiger partial charge < -0.3 is 21.1 Å². The third-order valence-electron chi connectivity index (χ3n) is 5.77. The molecule has 8 nitrogen and oxygen atoms in total. The molecule has 0 unspecified atom stereocenters. The highest BCUT2D eigenvalue weighted by molar-refractivity contribution is 5.94. The Bertz CT molecular complexity index is 1280. The van der Waals surface area contributed by atoms with E-state index in [0.717, 1.165) is 42.5 Å². The molecule has 1 aliphatic rings. The zero-order chi connectivity index (χ0) is 22.1. The van der Waals surface area contributed by atoms with Gasteiger partial charge in [-0.2, -0.15) is 0 Å². The number of nitrogen functional groups attached to an aromatic ring is 1. The van der Waals surface area contributed by atoms with Gasteiger partial charge in [-0.1, -0.05) is 6.07 Å². The molecular formula is C24H25N7O. The molecule has 8 heteroatoms. The van der Waals surface area contributed by atoms with Gasteiger partial charge >= 0.3 is 0 Å². The first-order valence-corrected chi connectivity index (χ1v) is 10.7. The standard InChI is InChI=1S/C24H25N7O/c1-32-23-6-2-5-18(29-23)19-8-7-17(26)24(30-19)20-12-16-21(13-28-20)27-10-9-22(16)31-11-3-4-15(25)14-31/h2,5-10,12-13,15H,3-4,11,14,25-26H2,1H3/t15-/m0/s1. The molecular weight excluding hydrogens is 402 g/mol. The van der Waals surface area contributed by atoms with Crippen LogP contribution in [-0.2, 0) is 0 Å². The number of nitrogens with two attached hydrogens (primary N) is 2. The molecule has 0 bridgehead atoms. The molecule has 1 atom stereocenters. The van der Waals surface area contributed by atoms with E-state index >= 15 is 0 Å². The smallest absolute Gasteiger partial charge is 0.213 e. The average molecular weight is 428 g/mol. The zero-order valence-corrected chi connectivity index (χ0v) is 17.9. The SMILES string of the molecule is COc1cccc(-c2ccc(N)c(-c3cc4c(N5CCC[C@H](N)C5)ccnc4cn3)n2)n1. The fourth-order valence-electron chi connectivity index (χ4n) is 4.16. The summed E-state index contributed by atoms with van der Waals surface area (Å²) in [6.07, 6.45) is 5.72. The van der Waals surface area contributed by atoms with Crippen molar-refractivity contribution in [3.8, 4) is 28.7 Å². The van der Waals surface area contributed by atoms with Gasteiger partial charge in [0.2, 0.25) is 5.88 Å². The molecule has 0 amide bonds. The minimum absolute atomic E-state index is 0.178. The Hall–Kier alpha value is -3.78. The first-order valence-electron chi connectivity index (χ1n) is 10.7. The van der Waals surface area contributed by atoms with Crippen LogP contribution in [-0.4, -0.2) is 46.2 Å². The highest BCUT2D eigenvalue weighted by Crippen LogP contribution is 2.32. The van der Waals surface area contributed by atoms with Crippen molar-refractivity contribution in [3.05, 3.63) is 54.9 Å². The van der Waals surface area contributed by atoms with E-state index in [1.54, 1.807) is 19.4 Å². The molecule has 5 heterocycles. The molecule has 1 saturated heterocycles. The lowest BCUT2D eigenvalue weighted by atomic mass is 10.0. The number of fused-ring (bicyclic) bond motifs is 1. The molecule has 32 heavy (non-hydrogen) atoms. The molecule has 4 aromatic heterocycles. The number of aromatic nitrogens is 4. The van der Waals surface area contributed by atoms with Crippen molar-refractivity contribution in [1.29, 1.82) is 0 Å². The third-order valence-corrected chi connectivity index (χ3v) is 5.77. The van der Waals surface area contributed by atoms with E-state index in [1.165, 1.54) is 0 Å². The van der Waals surface area contributed by atoms with Gasteiger partial charge in [0.1, 0.15) is 5.69 Å². The summed E-state index contributed by atoms with van der Waals surface area (Å²) in [4.78, 5) is 20.7. The van der Waals surface area contributed by atoms with Crippen LogP contribution in [0.25, 0.3) is 33.7 Å². The predicted molar refractivity (Wildman–Crippen MR) is 126 cm³/mol. The van der Waals surface area contributed by atoms with Gasteiger partial charge in [-0.25, -0.2) is 9.97 Å². The second-order valence-electron chi connectivity index (χ2n) is 7.96. The second-order valence-corrected chi connectivity index (χ2v) is 7.96. The fourth-order valence-corrected chi connectivity index (χ4v) is 4.16. The van der Waals surface area contributed by atoms with Crippen molar-refractivity contribution >= 4 is 22.3 Å². The van der Waals surface area contributed by atoms with Crippen LogP contribution < -0.4 is 21.1 Å². The number of nitrogens with zero attached hydrogens (tertiary/aromatic N) is 5. The Morgan fingerprint density at radius 1 is 1.03 bits per heavy atom. The summed E-state index contributed by atoms with van der Waals surface area (Å²) in [5.74, 6) is 0.530. The van der Waals surface area contributed by atoms with Gasteiger partial charge in [-0.3, -0.25) is 9.97 Å². The van der Waals surface area contributed by atoms with E-state index < -0.39 is 0 Å². The van der Waals surface area contributed by atoms with Gasteiger partial charge in [-0.15, -0.1) is 0 Å². The van der Waals surface area contributed by atoms with E-state index in [0.29, 0.717) is 34.3 Å². The Kier molecular flexibility index (Phi) is 5.28. The topological polar surface area (TPSA) is 116 Å². The lowest BCUT2D eigenvalue weighted by Gasteiger charge is -2.33. The van der Waals surface area contributed by atoms with E-state index in [-0.39, 0.29) is 6.04 Å². The Balaban J connectivity index is 1.59. The summed E-state index contributed by atoms with van der Waals surface area (Å²) >= 11 is 0. The van der Waals surface area contributed by atoms with Gasteiger partial charge in [0.15, 0.2) is 0 Å². The minimum Gasteiger partial charge on any atom is -0.481 e. The molecule has 0 radical (unpaired) electrons. The summed E-state index contributed by atoms with van der Waals surface area (Å²) in [5, 5.41) is 1.01. The largest absolute Gasteiger partial charge is 0.481 e. The predicted octanol–water partition coefficient (Wildman–Crippen LogP) is 3.27. The van der Waals surface area contributed by atoms with Crippen molar-refractivity contribution < 1.29 is 4.74 Å². The molecule has 0 aromatic carbocycles. The van der Waals surface area contributed by atoms with Gasteiger partial charge in [0.05, 0.1) is 41.6 Å². The van der Waals surface area contributed by atoms with Crippen LogP contribution in [0.15, 0.2) is 54.9 Å². The number of hydrogen-bond donors (Lipinski definition) is 2. The normalized spacial score (nSPS) is 16.3. The van der Waals surface area contributed by atoms with Crippen LogP contribution >= 0.6 is 0 Å². The average Bonchev–Trinajstić information content (AvgIpc) is 2.83. The van der Waals surface area contributed by atoms with Gasteiger partial charge in [-0.05, 0) is 43.2 Å². The first kappa shape index (κ1) is 20.1. The summed E-state index contributed by atoms with van der Waals surface area (Å²) in [6, 6.07) is 13.5. The van der Waals surface area contributed by atoms with Gasteiger partial charge in [0, 0.05) is 42.5 Å². The van der Waals surface area contributed by atoms with Crippen LogP contribution in [0.2, 0.25) is 0 Å². The molecule has 4 aromatic rings. The third kappa shape index (κ3) is 3.80. The van der Waals surface area contributed by atoms with E-state index in [2.05, 4.69) is 19.9 Å². The maximum absolute atomic E-state index is 6.31. The van der Waals surface area contributed by atoms with Crippen LogP contribution in [0.3, 0.4) is 0 Å². The molecule has 5 rings (SSSR count). The number of rotatable bonds is 4. The van der Waals surface area contributed by atoms with Crippen LogP contribution in [0.4, 0.5) is 11.4 Å². The lowest BCUT2D eigenvalue weighted by molar-refractivity contribution is 0.398. The lowest BCUT2D eigenvalue weighted by Crippen LogP contribution is -2.42. The van der Waals surface area contributed by atoms with E-state index in [1.807, 2.05) is 42.6 Å². The van der Waals surface area contributed by atoms with Crippen molar-refractivity contribution in [1.82, 2.24) is 19.9 Å². The molecule has 0 spiro atoms. The van der Waals surface area contributed by atoms with Crippen molar-refractivity contribution in [2.24, 2.45) is 5.73 Å². The van der Waals surface area contributed by atoms with Crippen molar-refractivity contribution in [3.63, 3.8) is 0 Å². The highest BCUT2D eigenvalue weighted by atomic mass is 16.5. The maximum atomic E-state index is 6.31. The Morgan fingerprint density at radius 3 is 2.75 bits per heavy atom. The van der Waals surface area contributed by atoms with Crippen LogP contribution in [0.5, 0.6) is 5.88 Å². The number of ether oxygens (including phenoxy) is 1. The number of methoxy groups -OCH3 is 1. The number of pyridine rings is 4. The van der Waals surface area contributed by atoms with E-state index in [4.69, 9.17) is 21.2 Å². The minimum atomic E-state index is 0.178. The van der Waals surface area contributed by atoms with Crippen molar-refractivity contribution in [2.75, 3.05) is 30.8 Å². The van der Waals surface area contributed by atoms with Crippen LogP contribution in [0.1, 0.15) is 12.8 Å². The van der Waals surface area contributed by atoms with E-state index in [9.17, 15) is 0 Å². The van der Waals surface area contributed by atoms with Crippen molar-refractivity contribution in [2.45, 2.75) is 18.9 Å². The number of hydrogen-bond acceptors (Lipinski definition) is 8. The first-order chi connectivity index (χ1) is 15.6. The summed E-state index contributed by atoms with van der Waals surface area (Å²) in [6.45, 7) is 1.80. The number of anilines is 2. The molecule has 0 aliphatic carbocycles. The van der Waals surface area contributed by atoms with Crippen LogP contribution in [0, 0.1) is 0 Å². The zero-order valence-electron chi connectivity index (χ0n) is 17.9. The highest BCUT2D eigenvalue weighted by Gasteiger charge is 2.20. The summed E-state index contributed by atoms with van der Waals surface area (Å²) in [7, 11) is 1.59. The molecule has 1 aliphatic heterocycles. The fraction of sp³-hybridized carbons (Fsp3) is 0.250. The molecule has 0 saturated carbocycles. The quantitative estimate of drug-likeness (QED) is 0.510. The summed E-state index contributed by atoms with van der Waals surface area (Å²) in [5.41, 5.74) is 17.7. The molecule has 162 valence electrons. The Morgan fingerprint density at radius 2 is 1.91 bits per heavy atom. The monoisotopic (exact) mass is 427 g/mol. The number of piperidine rings is 1. The molecule has 4 N–H and O–H groups in total.